The van der Waals surface area contributed by atoms with E-state index in [1.807, 2.05) is 0 Å². The van der Waals surface area contributed by atoms with Gasteiger partial charge in [-0.3, -0.25) is 9.93 Å². The van der Waals surface area contributed by atoms with Crippen LogP contribution in [0, 0.1) is 0 Å². The van der Waals surface area contributed by atoms with Gasteiger partial charge in [-0.1, -0.05) is 0 Å². The molecule has 8 heavy (non-hydrogen) atoms. The van der Waals surface area contributed by atoms with Gasteiger partial charge in [0.2, 0.25) is 0 Å². The second-order valence-electron chi connectivity index (χ2n) is 1.10. The third kappa shape index (κ3) is 3.76. The van der Waals surface area contributed by atoms with E-state index in [1.54, 1.807) is 0 Å². The Morgan fingerprint density at radius 1 is 1.88 bits per heavy atom. The van der Waals surface area contributed by atoms with Crippen LogP contribution in [0.1, 0.15) is 0 Å². The first kappa shape index (κ1) is 7.58. The minimum absolute atomic E-state index is 0.226. The summed E-state index contributed by atoms with van der Waals surface area (Å²) in [5.74, 6) is -0.776. The summed E-state index contributed by atoms with van der Waals surface area (Å²) in [4.78, 5) is 10.1. The highest BCUT2D eigenvalue weighted by atomic mass is 32.2. The minimum Gasteiger partial charge on any atom is -0.468 e. The smallest absolute Gasteiger partial charge is 0.319 e. The number of carbonyl (C=O) groups excluding carboxylic acids is 1. The van der Waals surface area contributed by atoms with Crippen LogP contribution < -0.4 is 5.14 Å². The number of methoxy groups -OCH3 is 1. The van der Waals surface area contributed by atoms with Crippen molar-refractivity contribution < 1.29 is 13.7 Å². The van der Waals surface area contributed by atoms with Crippen molar-refractivity contribution in [1.29, 1.82) is 0 Å². The topological polar surface area (TPSA) is 69.4 Å². The van der Waals surface area contributed by atoms with E-state index in [-0.39, 0.29) is 5.75 Å². The van der Waals surface area contributed by atoms with Crippen LogP contribution in [-0.4, -0.2) is 23.0 Å². The molecule has 0 bridgehead atoms. The Balaban J connectivity index is 3.40. The van der Waals surface area contributed by atoms with E-state index in [0.717, 1.165) is 0 Å². The van der Waals surface area contributed by atoms with Crippen LogP contribution in [0.4, 0.5) is 0 Å². The van der Waals surface area contributed by atoms with Crippen LogP contribution in [-0.2, 0) is 20.5 Å². The lowest BCUT2D eigenvalue weighted by Gasteiger charge is -1.91. The van der Waals surface area contributed by atoms with Gasteiger partial charge >= 0.3 is 5.97 Å². The zero-order valence-electron chi connectivity index (χ0n) is 4.42. The molecule has 0 rings (SSSR count). The van der Waals surface area contributed by atoms with Crippen LogP contribution in [0.15, 0.2) is 0 Å². The zero-order chi connectivity index (χ0) is 6.57. The number of hydrogen-bond donors (Lipinski definition) is 1. The molecule has 2 N–H and O–H groups in total. The Hall–Kier alpha value is -0.420. The fraction of sp³-hybridized carbons (Fsp3) is 0.667. The van der Waals surface area contributed by atoms with Gasteiger partial charge in [0.1, 0.15) is 16.7 Å². The van der Waals surface area contributed by atoms with Crippen LogP contribution in [0.2, 0.25) is 0 Å². The van der Waals surface area contributed by atoms with E-state index >= 15 is 0 Å². The predicted molar refractivity (Wildman–Crippen MR) is 29.2 cm³/mol. The molecule has 0 aliphatic heterocycles. The Labute approximate surface area is 49.6 Å². The first-order chi connectivity index (χ1) is 3.66. The van der Waals surface area contributed by atoms with E-state index in [2.05, 4.69) is 4.74 Å². The summed E-state index contributed by atoms with van der Waals surface area (Å²) in [7, 11) is -0.353. The number of ether oxygens (including phenoxy) is 1. The fourth-order valence-electron chi connectivity index (χ4n) is 0.175. The van der Waals surface area contributed by atoms with Gasteiger partial charge in [0, 0.05) is 0 Å². The summed E-state index contributed by atoms with van der Waals surface area (Å²) in [6.07, 6.45) is 0. The van der Waals surface area contributed by atoms with Crippen molar-refractivity contribution in [1.82, 2.24) is 0 Å². The molecular weight excluding hydrogens is 130 g/mol. The number of hydrogen-bond acceptors (Lipinski definition) is 3. The number of esters is 1. The van der Waals surface area contributed by atoms with Crippen molar-refractivity contribution in [3.8, 4) is 0 Å². The van der Waals surface area contributed by atoms with Gasteiger partial charge in [-0.05, 0) is 0 Å². The lowest BCUT2D eigenvalue weighted by atomic mass is 10.8. The number of carbonyl (C=O) groups is 1. The van der Waals surface area contributed by atoms with Gasteiger partial charge in [0.15, 0.2) is 0 Å². The van der Waals surface area contributed by atoms with Crippen LogP contribution >= 0.6 is 0 Å². The molecule has 0 aromatic rings. The summed E-state index contributed by atoms with van der Waals surface area (Å²) in [5, 5.41) is 4.74. The molecule has 0 aliphatic rings. The second-order valence-corrected chi connectivity index (χ2v) is 2.15. The highest BCUT2D eigenvalue weighted by Crippen LogP contribution is 1.73. The lowest BCUT2D eigenvalue weighted by Crippen LogP contribution is -2.17. The van der Waals surface area contributed by atoms with Crippen molar-refractivity contribution >= 4 is 17.0 Å². The molecule has 0 radical (unpaired) electrons. The monoisotopic (exact) mass is 137 g/mol. The SMILES string of the molecule is COC(=O)CS(N)=O. The van der Waals surface area contributed by atoms with E-state index in [1.165, 1.54) is 7.11 Å². The van der Waals surface area contributed by atoms with Crippen LogP contribution in [0.3, 0.4) is 0 Å². The maximum absolute atomic E-state index is 10.1. The lowest BCUT2D eigenvalue weighted by molar-refractivity contribution is -0.137. The molecule has 1 unspecified atom stereocenters. The van der Waals surface area contributed by atoms with Gasteiger partial charge in [0.05, 0.1) is 7.11 Å². The molecule has 4 nitrogen and oxygen atoms in total. The molecule has 5 heteroatoms. The molecular formula is C3H7NO3S. The van der Waals surface area contributed by atoms with Gasteiger partial charge in [0.25, 0.3) is 0 Å². The van der Waals surface area contributed by atoms with Crippen molar-refractivity contribution in [3.05, 3.63) is 0 Å². The van der Waals surface area contributed by atoms with Gasteiger partial charge < -0.3 is 4.74 Å². The van der Waals surface area contributed by atoms with Crippen molar-refractivity contribution in [2.24, 2.45) is 5.14 Å². The predicted octanol–water partition coefficient (Wildman–Crippen LogP) is -1.22. The average molecular weight is 137 g/mol. The van der Waals surface area contributed by atoms with Gasteiger partial charge in [-0.15, -0.1) is 0 Å². The Morgan fingerprint density at radius 2 is 2.38 bits per heavy atom. The molecule has 0 fully saturated rings. The second kappa shape index (κ2) is 3.57. The van der Waals surface area contributed by atoms with E-state index in [0.29, 0.717) is 0 Å². The Bertz CT molecular complexity index is 113. The Morgan fingerprint density at radius 3 is 2.50 bits per heavy atom. The molecule has 0 amide bonds. The van der Waals surface area contributed by atoms with Crippen LogP contribution in [0.5, 0.6) is 0 Å². The maximum atomic E-state index is 10.1. The van der Waals surface area contributed by atoms with Crippen LogP contribution in [0.25, 0.3) is 0 Å². The molecule has 0 saturated carbocycles. The summed E-state index contributed by atoms with van der Waals surface area (Å²) in [5.41, 5.74) is 0. The quantitative estimate of drug-likeness (QED) is 0.485. The molecule has 48 valence electrons. The third-order valence-electron chi connectivity index (χ3n) is 0.488. The highest BCUT2D eigenvalue weighted by molar-refractivity contribution is 7.83. The van der Waals surface area contributed by atoms with E-state index in [9.17, 15) is 9.00 Å². The molecule has 0 spiro atoms. The first-order valence-electron chi connectivity index (χ1n) is 1.86. The molecule has 1 atom stereocenters. The maximum Gasteiger partial charge on any atom is 0.319 e. The highest BCUT2D eigenvalue weighted by Gasteiger charge is 2.00. The average Bonchev–Trinajstić information content (AvgIpc) is 1.65. The molecule has 0 aliphatic carbocycles. The number of rotatable bonds is 2. The van der Waals surface area contributed by atoms with Crippen molar-refractivity contribution in [2.75, 3.05) is 12.9 Å². The first-order valence-corrected chi connectivity index (χ1v) is 3.24. The molecule has 0 aromatic carbocycles. The molecule has 0 saturated heterocycles. The largest absolute Gasteiger partial charge is 0.468 e. The summed E-state index contributed by atoms with van der Waals surface area (Å²) < 4.78 is 14.2. The third-order valence-corrected chi connectivity index (χ3v) is 1.01. The minimum atomic E-state index is -1.57. The molecule has 0 heterocycles. The van der Waals surface area contributed by atoms with Gasteiger partial charge in [-0.25, -0.2) is 4.21 Å². The summed E-state index contributed by atoms with van der Waals surface area (Å²) in [6, 6.07) is 0. The van der Waals surface area contributed by atoms with Crippen molar-refractivity contribution in [3.63, 3.8) is 0 Å². The number of nitrogens with two attached hydrogens (primary N) is 1. The fourth-order valence-corrected chi connectivity index (χ4v) is 0.525. The zero-order valence-corrected chi connectivity index (χ0v) is 5.23. The molecule has 0 aromatic heterocycles. The van der Waals surface area contributed by atoms with E-state index < -0.39 is 17.0 Å². The van der Waals surface area contributed by atoms with Crippen molar-refractivity contribution in [2.45, 2.75) is 0 Å². The standard InChI is InChI=1S/C3H7NO3S/c1-7-3(5)2-8(4)6/h2,4H2,1H3. The van der Waals surface area contributed by atoms with E-state index in [4.69, 9.17) is 5.14 Å². The van der Waals surface area contributed by atoms with Gasteiger partial charge in [-0.2, -0.15) is 0 Å². The summed E-state index contributed by atoms with van der Waals surface area (Å²) >= 11 is 0. The Kier molecular flexibility index (Phi) is 3.38. The summed E-state index contributed by atoms with van der Waals surface area (Å²) in [6.45, 7) is 0. The normalized spacial score (nSPS) is 12.8.